The van der Waals surface area contributed by atoms with Crippen molar-refractivity contribution >= 4 is 11.7 Å². The van der Waals surface area contributed by atoms with Gasteiger partial charge in [-0.25, -0.2) is 0 Å². The van der Waals surface area contributed by atoms with Crippen LogP contribution in [0.5, 0.6) is 0 Å². The van der Waals surface area contributed by atoms with Crippen LogP contribution >= 0.6 is 0 Å². The largest absolute Gasteiger partial charge is 0.381 e. The Balaban J connectivity index is 1.56. The van der Waals surface area contributed by atoms with E-state index in [4.69, 9.17) is 4.74 Å². The maximum atomic E-state index is 12.4. The number of anilines is 1. The van der Waals surface area contributed by atoms with Gasteiger partial charge in [0.15, 0.2) is 5.82 Å². The van der Waals surface area contributed by atoms with Crippen LogP contribution in [0.3, 0.4) is 0 Å². The first-order chi connectivity index (χ1) is 10.3. The third-order valence-electron chi connectivity index (χ3n) is 4.24. The lowest BCUT2D eigenvalue weighted by Gasteiger charge is -2.33. The molecule has 1 aromatic heterocycles. The second-order valence-electron chi connectivity index (χ2n) is 5.76. The second-order valence-corrected chi connectivity index (χ2v) is 5.76. The Morgan fingerprint density at radius 1 is 1.33 bits per heavy atom. The Bertz CT molecular complexity index is 462. The van der Waals surface area contributed by atoms with E-state index in [-0.39, 0.29) is 17.9 Å². The molecule has 0 saturated carbocycles. The van der Waals surface area contributed by atoms with Gasteiger partial charge in [-0.2, -0.15) is 5.10 Å². The number of ether oxygens (including phenoxy) is 1. The molecule has 6 heteroatoms. The first-order valence-corrected chi connectivity index (χ1v) is 7.74. The summed E-state index contributed by atoms with van der Waals surface area (Å²) in [7, 11) is 0. The second kappa shape index (κ2) is 6.85. The molecule has 2 aliphatic rings. The molecule has 2 saturated heterocycles. The highest BCUT2D eigenvalue weighted by Crippen LogP contribution is 2.21. The molecule has 0 unspecified atom stereocenters. The fourth-order valence-corrected chi connectivity index (χ4v) is 3.02. The van der Waals surface area contributed by atoms with Gasteiger partial charge in [0.1, 0.15) is 0 Å². The first kappa shape index (κ1) is 14.3. The average Bonchev–Trinajstić information content (AvgIpc) is 2.57. The van der Waals surface area contributed by atoms with Crippen molar-refractivity contribution in [1.29, 1.82) is 0 Å². The molecule has 0 aliphatic carbocycles. The van der Waals surface area contributed by atoms with E-state index in [1.165, 1.54) is 0 Å². The minimum Gasteiger partial charge on any atom is -0.381 e. The smallest absolute Gasteiger partial charge is 0.225 e. The number of amides is 1. The molecule has 0 spiro atoms. The lowest BCUT2D eigenvalue weighted by atomic mass is 9.96. The quantitative estimate of drug-likeness (QED) is 0.899. The van der Waals surface area contributed by atoms with Gasteiger partial charge in [-0.05, 0) is 37.8 Å². The molecule has 0 aromatic carbocycles. The summed E-state index contributed by atoms with van der Waals surface area (Å²) in [4.78, 5) is 14.6. The number of carbonyl (C=O) groups is 1. The predicted octanol–water partition coefficient (Wildman–Crippen LogP) is 0.988. The lowest BCUT2D eigenvalue weighted by Crippen LogP contribution is -2.47. The van der Waals surface area contributed by atoms with Crippen molar-refractivity contribution < 1.29 is 9.53 Å². The average molecular weight is 290 g/mol. The van der Waals surface area contributed by atoms with Crippen LogP contribution < -0.4 is 10.2 Å². The molecule has 0 radical (unpaired) electrons. The standard InChI is InChI=1S/C15H22N4O2/c20-15(17-13-5-9-21-10-6-13)12-3-2-8-19(11-12)14-4-1-7-16-18-14/h1,4,7,12-13H,2-3,5-6,8-11H2,(H,17,20)/t12-/m1/s1. The van der Waals surface area contributed by atoms with E-state index in [0.717, 1.165) is 57.8 Å². The van der Waals surface area contributed by atoms with Gasteiger partial charge in [-0.1, -0.05) is 0 Å². The summed E-state index contributed by atoms with van der Waals surface area (Å²) in [5.74, 6) is 1.08. The Morgan fingerprint density at radius 2 is 2.19 bits per heavy atom. The molecule has 3 rings (SSSR count). The van der Waals surface area contributed by atoms with Crippen molar-refractivity contribution in [2.24, 2.45) is 5.92 Å². The molecule has 0 bridgehead atoms. The van der Waals surface area contributed by atoms with Gasteiger partial charge in [-0.3, -0.25) is 4.79 Å². The van der Waals surface area contributed by atoms with Crippen molar-refractivity contribution in [3.63, 3.8) is 0 Å². The molecule has 2 aliphatic heterocycles. The molecule has 21 heavy (non-hydrogen) atoms. The Hall–Kier alpha value is -1.69. The highest BCUT2D eigenvalue weighted by Gasteiger charge is 2.28. The number of nitrogens with one attached hydrogen (secondary N) is 1. The monoisotopic (exact) mass is 290 g/mol. The van der Waals surface area contributed by atoms with E-state index in [9.17, 15) is 4.79 Å². The van der Waals surface area contributed by atoms with Gasteiger partial charge >= 0.3 is 0 Å². The van der Waals surface area contributed by atoms with E-state index >= 15 is 0 Å². The number of hydrogen-bond donors (Lipinski definition) is 1. The van der Waals surface area contributed by atoms with E-state index in [2.05, 4.69) is 20.4 Å². The van der Waals surface area contributed by atoms with E-state index in [1.807, 2.05) is 12.1 Å². The number of nitrogens with zero attached hydrogens (tertiary/aromatic N) is 3. The minimum absolute atomic E-state index is 0.0450. The summed E-state index contributed by atoms with van der Waals surface area (Å²) in [6.07, 6.45) is 5.48. The summed E-state index contributed by atoms with van der Waals surface area (Å²) in [6, 6.07) is 4.11. The molecule has 1 amide bonds. The van der Waals surface area contributed by atoms with E-state index < -0.39 is 0 Å². The highest BCUT2D eigenvalue weighted by molar-refractivity contribution is 5.79. The maximum absolute atomic E-state index is 12.4. The zero-order valence-electron chi connectivity index (χ0n) is 12.2. The molecule has 1 atom stereocenters. The van der Waals surface area contributed by atoms with Crippen LogP contribution in [0.4, 0.5) is 5.82 Å². The fourth-order valence-electron chi connectivity index (χ4n) is 3.02. The number of rotatable bonds is 3. The van der Waals surface area contributed by atoms with Crippen LogP contribution in [0.15, 0.2) is 18.3 Å². The van der Waals surface area contributed by atoms with Crippen molar-refractivity contribution in [1.82, 2.24) is 15.5 Å². The van der Waals surface area contributed by atoms with Crippen LogP contribution in [0.2, 0.25) is 0 Å². The molecule has 3 heterocycles. The Morgan fingerprint density at radius 3 is 2.95 bits per heavy atom. The van der Waals surface area contributed by atoms with Gasteiger partial charge in [0.2, 0.25) is 5.91 Å². The fraction of sp³-hybridized carbons (Fsp3) is 0.667. The molecule has 6 nitrogen and oxygen atoms in total. The van der Waals surface area contributed by atoms with Crippen molar-refractivity contribution in [2.45, 2.75) is 31.7 Å². The van der Waals surface area contributed by atoms with Crippen molar-refractivity contribution in [3.05, 3.63) is 18.3 Å². The summed E-state index contributed by atoms with van der Waals surface area (Å²) in [6.45, 7) is 3.18. The highest BCUT2D eigenvalue weighted by atomic mass is 16.5. The van der Waals surface area contributed by atoms with Gasteiger partial charge in [-0.15, -0.1) is 5.10 Å². The van der Waals surface area contributed by atoms with E-state index in [1.54, 1.807) is 6.20 Å². The Labute approximate surface area is 124 Å². The SMILES string of the molecule is O=C(NC1CCOCC1)[C@@H]1CCCN(c2cccnn2)C1. The predicted molar refractivity (Wildman–Crippen MR) is 79.0 cm³/mol. The maximum Gasteiger partial charge on any atom is 0.225 e. The van der Waals surface area contributed by atoms with Gasteiger partial charge in [0.05, 0.1) is 5.92 Å². The zero-order valence-corrected chi connectivity index (χ0v) is 12.2. The van der Waals surface area contributed by atoms with Crippen molar-refractivity contribution in [2.75, 3.05) is 31.2 Å². The number of piperidine rings is 1. The van der Waals surface area contributed by atoms with Gasteiger partial charge in [0, 0.05) is 38.5 Å². The zero-order chi connectivity index (χ0) is 14.5. The van der Waals surface area contributed by atoms with Crippen LogP contribution in [-0.2, 0) is 9.53 Å². The molecule has 1 aromatic rings. The van der Waals surface area contributed by atoms with Gasteiger partial charge < -0.3 is 15.0 Å². The van der Waals surface area contributed by atoms with Crippen LogP contribution in [0.25, 0.3) is 0 Å². The first-order valence-electron chi connectivity index (χ1n) is 7.74. The third kappa shape index (κ3) is 3.69. The third-order valence-corrected chi connectivity index (χ3v) is 4.24. The number of hydrogen-bond acceptors (Lipinski definition) is 5. The molecule has 114 valence electrons. The Kier molecular flexibility index (Phi) is 4.65. The number of aromatic nitrogens is 2. The van der Waals surface area contributed by atoms with Crippen LogP contribution in [0, 0.1) is 5.92 Å². The summed E-state index contributed by atoms with van der Waals surface area (Å²) >= 11 is 0. The van der Waals surface area contributed by atoms with Crippen LogP contribution in [0.1, 0.15) is 25.7 Å². The summed E-state index contributed by atoms with van der Waals surface area (Å²) in [5, 5.41) is 11.2. The molecule has 1 N–H and O–H groups in total. The van der Waals surface area contributed by atoms with Crippen molar-refractivity contribution in [3.8, 4) is 0 Å². The molecular formula is C15H22N4O2. The molecule has 2 fully saturated rings. The topological polar surface area (TPSA) is 67.3 Å². The lowest BCUT2D eigenvalue weighted by molar-refractivity contribution is -0.126. The normalized spacial score (nSPS) is 23.8. The van der Waals surface area contributed by atoms with Gasteiger partial charge in [0.25, 0.3) is 0 Å². The van der Waals surface area contributed by atoms with Crippen LogP contribution in [-0.4, -0.2) is 48.4 Å². The minimum atomic E-state index is 0.0450. The number of carbonyl (C=O) groups excluding carboxylic acids is 1. The summed E-state index contributed by atoms with van der Waals surface area (Å²) < 4.78 is 5.33. The van der Waals surface area contributed by atoms with E-state index in [0.29, 0.717) is 0 Å². The summed E-state index contributed by atoms with van der Waals surface area (Å²) in [5.41, 5.74) is 0. The molecular weight excluding hydrogens is 268 g/mol.